The Labute approximate surface area is 77.2 Å². The van der Waals surface area contributed by atoms with Crippen molar-refractivity contribution >= 4 is 25.1 Å². The Hall–Kier alpha value is -1.26. The van der Waals surface area contributed by atoms with E-state index in [1.807, 2.05) is 0 Å². The lowest BCUT2D eigenvalue weighted by molar-refractivity contribution is 0.448. The summed E-state index contributed by atoms with van der Waals surface area (Å²) in [5.74, 6) is 0. The highest BCUT2D eigenvalue weighted by atomic mass is 16.4. The van der Waals surface area contributed by atoms with Gasteiger partial charge in [0.15, 0.2) is 0 Å². The van der Waals surface area contributed by atoms with Crippen molar-refractivity contribution < 1.29 is 10.0 Å². The van der Waals surface area contributed by atoms with Gasteiger partial charge in [-0.3, -0.25) is 0 Å². The van der Waals surface area contributed by atoms with Crippen molar-refractivity contribution in [3.8, 4) is 0 Å². The highest BCUT2D eigenvalue weighted by molar-refractivity contribution is 6.13. The molecule has 4 bridgehead atoms. The number of hydrogen-bond acceptors (Lipinski definition) is 3. The molecular weight excluding hydrogens is 165 g/mol. The molecule has 0 saturated carbocycles. The molecule has 1 aromatic rings. The molecule has 13 heavy (non-hydrogen) atoms. The average Bonchev–Trinajstić information content (AvgIpc) is 2.22. The molecule has 3 aliphatic heterocycles. The van der Waals surface area contributed by atoms with Crippen LogP contribution >= 0.6 is 0 Å². The van der Waals surface area contributed by atoms with E-state index in [1.165, 1.54) is 16.9 Å². The molecular formula is C9H9BNO2. The van der Waals surface area contributed by atoms with Gasteiger partial charge < -0.3 is 14.9 Å². The SMILES string of the molecule is C1=CC2=C3C=CCN2C3=C1.O[B]O. The van der Waals surface area contributed by atoms with Gasteiger partial charge in [-0.15, -0.1) is 0 Å². The molecule has 0 aromatic heterocycles. The van der Waals surface area contributed by atoms with Crippen LogP contribution in [0.1, 0.15) is 5.56 Å². The number of fused-ring (bicyclic) bond motifs is 2. The first-order valence-corrected chi connectivity index (χ1v) is 4.05. The predicted molar refractivity (Wildman–Crippen MR) is 52.7 cm³/mol. The third-order valence-electron chi connectivity index (χ3n) is 2.21. The fourth-order valence-electron chi connectivity index (χ4n) is 1.73. The van der Waals surface area contributed by atoms with Gasteiger partial charge in [0.1, 0.15) is 0 Å². The topological polar surface area (TPSA) is 43.7 Å². The van der Waals surface area contributed by atoms with E-state index in [1.54, 1.807) is 0 Å². The Morgan fingerprint density at radius 3 is 2.23 bits per heavy atom. The smallest absolute Gasteiger partial charge is 0.429 e. The van der Waals surface area contributed by atoms with E-state index in [0.717, 1.165) is 6.54 Å². The number of benzene rings is 1. The Balaban J connectivity index is 0.000000196. The summed E-state index contributed by atoms with van der Waals surface area (Å²) in [7, 11) is 0. The maximum atomic E-state index is 7.00. The largest absolute Gasteiger partial charge is 0.482 e. The van der Waals surface area contributed by atoms with Gasteiger partial charge in [-0.1, -0.05) is 18.2 Å². The molecule has 0 saturated heterocycles. The summed E-state index contributed by atoms with van der Waals surface area (Å²) < 4.78 is 0. The van der Waals surface area contributed by atoms with Crippen molar-refractivity contribution in [2.24, 2.45) is 0 Å². The monoisotopic (exact) mass is 174 g/mol. The molecule has 1 radical (unpaired) electrons. The molecule has 1 aromatic carbocycles. The zero-order chi connectivity index (χ0) is 9.26. The van der Waals surface area contributed by atoms with Crippen molar-refractivity contribution in [3.63, 3.8) is 0 Å². The molecule has 3 heterocycles. The predicted octanol–water partition coefficient (Wildman–Crippen LogP) is 0.670. The Morgan fingerprint density at radius 1 is 1.23 bits per heavy atom. The minimum absolute atomic E-state index is 0. The molecule has 4 heteroatoms. The zero-order valence-electron chi connectivity index (χ0n) is 7.01. The quantitative estimate of drug-likeness (QED) is 0.568. The number of anilines is 2. The Kier molecular flexibility index (Phi) is 2.08. The van der Waals surface area contributed by atoms with Gasteiger partial charge in [0, 0.05) is 12.1 Å². The van der Waals surface area contributed by atoms with Gasteiger partial charge in [0.2, 0.25) is 0 Å². The summed E-state index contributed by atoms with van der Waals surface area (Å²) in [6, 6.07) is 6.46. The minimum Gasteiger partial charge on any atom is -0.429 e. The third kappa shape index (κ3) is 1.15. The standard InChI is InChI=1S/C9H7N.BH2O2/c1-4-8-7-3-2-6-10(8)9(7)5-1;2-1-3/h1-5H,6H2;2-3H. The molecule has 3 aliphatic rings. The van der Waals surface area contributed by atoms with E-state index < -0.39 is 0 Å². The summed E-state index contributed by atoms with van der Waals surface area (Å²) in [6.07, 6.45) is 4.42. The highest BCUT2D eigenvalue weighted by Gasteiger charge is 2.27. The van der Waals surface area contributed by atoms with Crippen LogP contribution in [-0.4, -0.2) is 24.3 Å². The molecule has 3 nitrogen and oxygen atoms in total. The highest BCUT2D eigenvalue weighted by Crippen LogP contribution is 2.46. The van der Waals surface area contributed by atoms with Gasteiger partial charge in [-0.25, -0.2) is 0 Å². The van der Waals surface area contributed by atoms with Crippen LogP contribution in [0.15, 0.2) is 24.3 Å². The zero-order valence-corrected chi connectivity index (χ0v) is 7.01. The fraction of sp³-hybridized carbons (Fsp3) is 0.111. The molecule has 0 spiro atoms. The van der Waals surface area contributed by atoms with Gasteiger partial charge >= 0.3 is 7.69 Å². The second-order valence-electron chi connectivity index (χ2n) is 2.84. The lowest BCUT2D eigenvalue weighted by Gasteiger charge is -2.39. The van der Waals surface area contributed by atoms with Crippen LogP contribution < -0.4 is 4.90 Å². The maximum Gasteiger partial charge on any atom is 0.482 e. The Bertz CT molecular complexity index is 329. The lowest BCUT2D eigenvalue weighted by Crippen LogP contribution is -2.29. The summed E-state index contributed by atoms with van der Waals surface area (Å²) >= 11 is 0. The molecule has 0 unspecified atom stereocenters. The van der Waals surface area contributed by atoms with E-state index in [4.69, 9.17) is 10.0 Å². The second-order valence-corrected chi connectivity index (χ2v) is 2.84. The number of hydrogen-bond donors (Lipinski definition) is 2. The van der Waals surface area contributed by atoms with Crippen molar-refractivity contribution in [1.82, 2.24) is 0 Å². The summed E-state index contributed by atoms with van der Waals surface area (Å²) in [4.78, 5) is 2.33. The van der Waals surface area contributed by atoms with Crippen LogP contribution in [0, 0.1) is 0 Å². The van der Waals surface area contributed by atoms with Crippen LogP contribution in [0.5, 0.6) is 0 Å². The third-order valence-corrected chi connectivity index (χ3v) is 2.21. The van der Waals surface area contributed by atoms with Crippen molar-refractivity contribution in [2.45, 2.75) is 0 Å². The fourth-order valence-corrected chi connectivity index (χ4v) is 1.73. The number of nitrogens with zero attached hydrogens (tertiary/aromatic N) is 1. The van der Waals surface area contributed by atoms with E-state index in [2.05, 4.69) is 35.3 Å². The van der Waals surface area contributed by atoms with Gasteiger partial charge in [0.05, 0.1) is 11.4 Å². The van der Waals surface area contributed by atoms with E-state index in [-0.39, 0.29) is 7.69 Å². The molecule has 0 atom stereocenters. The van der Waals surface area contributed by atoms with Gasteiger partial charge in [-0.2, -0.15) is 0 Å². The van der Waals surface area contributed by atoms with Crippen LogP contribution in [0.25, 0.3) is 6.08 Å². The van der Waals surface area contributed by atoms with Crippen molar-refractivity contribution in [2.75, 3.05) is 11.4 Å². The molecule has 0 fully saturated rings. The summed E-state index contributed by atoms with van der Waals surface area (Å²) in [6.45, 7) is 1.06. The molecule has 65 valence electrons. The second kappa shape index (κ2) is 3.24. The van der Waals surface area contributed by atoms with Gasteiger partial charge in [-0.05, 0) is 12.1 Å². The first-order chi connectivity index (χ1) is 6.38. The maximum absolute atomic E-state index is 7.00. The van der Waals surface area contributed by atoms with E-state index in [9.17, 15) is 0 Å². The van der Waals surface area contributed by atoms with Crippen LogP contribution in [0.4, 0.5) is 11.4 Å². The molecule has 4 rings (SSSR count). The Morgan fingerprint density at radius 2 is 1.85 bits per heavy atom. The lowest BCUT2D eigenvalue weighted by atomic mass is 9.96. The van der Waals surface area contributed by atoms with Crippen LogP contribution in [0.3, 0.4) is 0 Å². The van der Waals surface area contributed by atoms with Crippen LogP contribution in [-0.2, 0) is 0 Å². The molecule has 0 amide bonds. The van der Waals surface area contributed by atoms with E-state index in [0.29, 0.717) is 0 Å². The van der Waals surface area contributed by atoms with Gasteiger partial charge in [0.25, 0.3) is 0 Å². The van der Waals surface area contributed by atoms with Crippen molar-refractivity contribution in [1.29, 1.82) is 0 Å². The normalized spacial score (nSPS) is 14.2. The molecule has 0 aliphatic carbocycles. The average molecular weight is 174 g/mol. The first-order valence-electron chi connectivity index (χ1n) is 4.05. The summed E-state index contributed by atoms with van der Waals surface area (Å²) in [5, 5.41) is 14.0. The number of rotatable bonds is 0. The minimum atomic E-state index is 0. The van der Waals surface area contributed by atoms with E-state index >= 15 is 0 Å². The summed E-state index contributed by atoms with van der Waals surface area (Å²) in [5.41, 5.74) is 4.23. The van der Waals surface area contributed by atoms with Crippen molar-refractivity contribution in [3.05, 3.63) is 29.8 Å². The van der Waals surface area contributed by atoms with Crippen LogP contribution in [0.2, 0.25) is 0 Å². The molecule has 2 N–H and O–H groups in total. The first kappa shape index (κ1) is 8.35.